The number of phenols is 2. The average molecular weight is 236 g/mol. The maximum Gasteiger partial charge on any atom is 0.303 e. The molecule has 1 aromatic carbocycles. The van der Waals surface area contributed by atoms with Gasteiger partial charge in [-0.3, -0.25) is 4.79 Å². The van der Waals surface area contributed by atoms with Crippen LogP contribution in [0.3, 0.4) is 0 Å². The van der Waals surface area contributed by atoms with Gasteiger partial charge in [-0.2, -0.15) is 0 Å². The molecule has 0 bridgehead atoms. The van der Waals surface area contributed by atoms with Crippen LogP contribution in [0.5, 0.6) is 11.5 Å². The predicted molar refractivity (Wildman–Crippen MR) is 62.1 cm³/mol. The van der Waals surface area contributed by atoms with Crippen LogP contribution in [0.15, 0.2) is 18.2 Å². The topological polar surface area (TPSA) is 77.8 Å². The van der Waals surface area contributed by atoms with E-state index in [-0.39, 0.29) is 29.8 Å². The highest BCUT2D eigenvalue weighted by molar-refractivity contribution is 5.67. The molecule has 1 fully saturated rings. The fourth-order valence-electron chi connectivity index (χ4n) is 2.78. The molecule has 0 heterocycles. The highest BCUT2D eigenvalue weighted by Crippen LogP contribution is 2.43. The number of hydrogen-bond donors (Lipinski definition) is 3. The molecule has 2 atom stereocenters. The maximum atomic E-state index is 10.8. The lowest BCUT2D eigenvalue weighted by molar-refractivity contribution is -0.138. The van der Waals surface area contributed by atoms with Crippen molar-refractivity contribution in [3.05, 3.63) is 23.8 Å². The van der Waals surface area contributed by atoms with Crippen molar-refractivity contribution in [2.24, 2.45) is 5.92 Å². The summed E-state index contributed by atoms with van der Waals surface area (Å²) >= 11 is 0. The standard InChI is InChI=1S/C13H16O4/c14-10-4-9(5-11(15)7-10)12-3-1-2-8(12)6-13(16)17/h4-5,7-8,12,14-15H,1-3,6H2,(H,16,17). The molecular weight excluding hydrogens is 220 g/mol. The van der Waals surface area contributed by atoms with E-state index < -0.39 is 5.97 Å². The van der Waals surface area contributed by atoms with Crippen molar-refractivity contribution in [3.8, 4) is 11.5 Å². The van der Waals surface area contributed by atoms with Crippen LogP contribution in [0.4, 0.5) is 0 Å². The number of phenolic OH excluding ortho intramolecular Hbond substituents is 2. The third-order valence-corrected chi connectivity index (χ3v) is 3.45. The average Bonchev–Trinajstić information content (AvgIpc) is 2.63. The van der Waals surface area contributed by atoms with E-state index in [0.29, 0.717) is 0 Å². The molecule has 2 rings (SSSR count). The second-order valence-electron chi connectivity index (χ2n) is 4.68. The second kappa shape index (κ2) is 4.65. The Kier molecular flexibility index (Phi) is 3.22. The molecule has 0 aromatic heterocycles. The van der Waals surface area contributed by atoms with Gasteiger partial charge >= 0.3 is 5.97 Å². The van der Waals surface area contributed by atoms with Gasteiger partial charge in [0.2, 0.25) is 0 Å². The van der Waals surface area contributed by atoms with Crippen molar-refractivity contribution >= 4 is 5.97 Å². The van der Waals surface area contributed by atoms with Crippen LogP contribution in [0.1, 0.15) is 37.2 Å². The highest BCUT2D eigenvalue weighted by atomic mass is 16.4. The first-order chi connectivity index (χ1) is 8.06. The van der Waals surface area contributed by atoms with Gasteiger partial charge in [-0.15, -0.1) is 0 Å². The molecule has 0 spiro atoms. The van der Waals surface area contributed by atoms with Crippen molar-refractivity contribution in [3.63, 3.8) is 0 Å². The van der Waals surface area contributed by atoms with E-state index in [9.17, 15) is 15.0 Å². The van der Waals surface area contributed by atoms with Gasteiger partial charge in [-0.1, -0.05) is 6.42 Å². The van der Waals surface area contributed by atoms with E-state index in [2.05, 4.69) is 0 Å². The summed E-state index contributed by atoms with van der Waals surface area (Å²) in [6.45, 7) is 0. The summed E-state index contributed by atoms with van der Waals surface area (Å²) in [6, 6.07) is 4.51. The van der Waals surface area contributed by atoms with Crippen LogP contribution >= 0.6 is 0 Å². The van der Waals surface area contributed by atoms with Gasteiger partial charge in [0.05, 0.1) is 0 Å². The third kappa shape index (κ3) is 2.70. The first kappa shape index (κ1) is 11.8. The Labute approximate surface area is 99.5 Å². The number of aliphatic carboxylic acids is 1. The number of carboxylic acids is 1. The lowest BCUT2D eigenvalue weighted by atomic mass is 9.86. The number of aromatic hydroxyl groups is 2. The summed E-state index contributed by atoms with van der Waals surface area (Å²) in [6.07, 6.45) is 2.97. The molecule has 4 heteroatoms. The zero-order valence-electron chi connectivity index (χ0n) is 9.47. The second-order valence-corrected chi connectivity index (χ2v) is 4.68. The number of hydrogen-bond acceptors (Lipinski definition) is 3. The summed E-state index contributed by atoms with van der Waals surface area (Å²) in [7, 11) is 0. The quantitative estimate of drug-likeness (QED) is 0.753. The van der Waals surface area contributed by atoms with Crippen molar-refractivity contribution in [2.45, 2.75) is 31.6 Å². The van der Waals surface area contributed by atoms with E-state index in [1.807, 2.05) is 0 Å². The molecule has 1 aromatic rings. The minimum atomic E-state index is -0.786. The summed E-state index contributed by atoms with van der Waals surface area (Å²) in [5, 5.41) is 27.7. The fourth-order valence-corrected chi connectivity index (χ4v) is 2.78. The Hall–Kier alpha value is -1.71. The Morgan fingerprint density at radius 1 is 1.18 bits per heavy atom. The molecule has 1 aliphatic carbocycles. The van der Waals surface area contributed by atoms with Crippen molar-refractivity contribution in [1.82, 2.24) is 0 Å². The Bertz CT molecular complexity index is 407. The summed E-state index contributed by atoms with van der Waals surface area (Å²) in [4.78, 5) is 10.8. The number of rotatable bonds is 3. The van der Waals surface area contributed by atoms with E-state index >= 15 is 0 Å². The minimum absolute atomic E-state index is 0.0287. The van der Waals surface area contributed by atoms with Crippen LogP contribution in [0, 0.1) is 5.92 Å². The van der Waals surface area contributed by atoms with E-state index in [4.69, 9.17) is 5.11 Å². The molecule has 0 amide bonds. The molecule has 3 N–H and O–H groups in total. The highest BCUT2D eigenvalue weighted by Gasteiger charge is 2.30. The Morgan fingerprint density at radius 3 is 2.41 bits per heavy atom. The summed E-state index contributed by atoms with van der Waals surface area (Å²) in [5.74, 6) is -0.494. The number of benzene rings is 1. The van der Waals surface area contributed by atoms with Crippen molar-refractivity contribution in [1.29, 1.82) is 0 Å². The largest absolute Gasteiger partial charge is 0.508 e. The monoisotopic (exact) mass is 236 g/mol. The molecule has 2 unspecified atom stereocenters. The van der Waals surface area contributed by atoms with Crippen LogP contribution in [-0.2, 0) is 4.79 Å². The smallest absolute Gasteiger partial charge is 0.303 e. The maximum absolute atomic E-state index is 10.8. The van der Waals surface area contributed by atoms with Gasteiger partial charge in [0.15, 0.2) is 0 Å². The Balaban J connectivity index is 2.22. The van der Waals surface area contributed by atoms with Gasteiger partial charge in [0.25, 0.3) is 0 Å². The van der Waals surface area contributed by atoms with E-state index in [1.54, 1.807) is 12.1 Å². The lowest BCUT2D eigenvalue weighted by Crippen LogP contribution is -2.11. The van der Waals surface area contributed by atoms with Crippen molar-refractivity contribution in [2.75, 3.05) is 0 Å². The third-order valence-electron chi connectivity index (χ3n) is 3.45. The number of carbonyl (C=O) groups is 1. The predicted octanol–water partition coefficient (Wildman–Crippen LogP) is 2.46. The van der Waals surface area contributed by atoms with Gasteiger partial charge < -0.3 is 15.3 Å². The molecule has 17 heavy (non-hydrogen) atoms. The molecule has 0 radical (unpaired) electrons. The summed E-state index contributed by atoms with van der Waals surface area (Å²) in [5.41, 5.74) is 0.839. The first-order valence-electron chi connectivity index (χ1n) is 5.81. The van der Waals surface area contributed by atoms with Crippen LogP contribution in [-0.4, -0.2) is 21.3 Å². The fraction of sp³-hybridized carbons (Fsp3) is 0.462. The normalized spacial score (nSPS) is 23.8. The molecule has 92 valence electrons. The molecular formula is C13H16O4. The zero-order valence-corrected chi connectivity index (χ0v) is 9.47. The molecule has 0 aliphatic heterocycles. The van der Waals surface area contributed by atoms with Gasteiger partial charge in [0, 0.05) is 12.5 Å². The van der Waals surface area contributed by atoms with Crippen LogP contribution in [0.25, 0.3) is 0 Å². The number of carboxylic acid groups (broad SMARTS) is 1. The first-order valence-corrected chi connectivity index (χ1v) is 5.81. The van der Waals surface area contributed by atoms with Gasteiger partial charge in [0.1, 0.15) is 11.5 Å². The zero-order chi connectivity index (χ0) is 12.4. The van der Waals surface area contributed by atoms with Crippen LogP contribution < -0.4 is 0 Å². The van der Waals surface area contributed by atoms with Gasteiger partial charge in [-0.05, 0) is 42.4 Å². The van der Waals surface area contributed by atoms with Crippen molar-refractivity contribution < 1.29 is 20.1 Å². The van der Waals surface area contributed by atoms with E-state index in [1.165, 1.54) is 6.07 Å². The minimum Gasteiger partial charge on any atom is -0.508 e. The van der Waals surface area contributed by atoms with E-state index in [0.717, 1.165) is 24.8 Å². The molecule has 1 saturated carbocycles. The lowest BCUT2D eigenvalue weighted by Gasteiger charge is -2.18. The molecule has 0 saturated heterocycles. The Morgan fingerprint density at radius 2 is 1.82 bits per heavy atom. The SMILES string of the molecule is O=C(O)CC1CCCC1c1cc(O)cc(O)c1. The summed E-state index contributed by atoms with van der Waals surface area (Å²) < 4.78 is 0. The molecule has 1 aliphatic rings. The van der Waals surface area contributed by atoms with Crippen LogP contribution in [0.2, 0.25) is 0 Å². The van der Waals surface area contributed by atoms with Gasteiger partial charge in [-0.25, -0.2) is 0 Å². The molecule has 4 nitrogen and oxygen atoms in total.